The van der Waals surface area contributed by atoms with Crippen molar-refractivity contribution in [3.8, 4) is 0 Å². The van der Waals surface area contributed by atoms with Crippen LogP contribution in [0.15, 0.2) is 82.8 Å². The van der Waals surface area contributed by atoms with E-state index < -0.39 is 22.4 Å². The molecule has 3 aromatic rings. The second-order valence-electron chi connectivity index (χ2n) is 5.65. The molecule has 0 fully saturated rings. The summed E-state index contributed by atoms with van der Waals surface area (Å²) in [6.45, 7) is -0.407. The van der Waals surface area contributed by atoms with Crippen molar-refractivity contribution in [3.05, 3.63) is 84.1 Å². The van der Waals surface area contributed by atoms with Gasteiger partial charge in [-0.1, -0.05) is 48.5 Å². The van der Waals surface area contributed by atoms with Gasteiger partial charge in [0.25, 0.3) is 0 Å². The lowest BCUT2D eigenvalue weighted by molar-refractivity contribution is -0.137. The summed E-state index contributed by atoms with van der Waals surface area (Å²) in [7, 11) is -3.82. The van der Waals surface area contributed by atoms with E-state index in [9.17, 15) is 13.2 Å². The van der Waals surface area contributed by atoms with Crippen LogP contribution in [0, 0.1) is 0 Å². The number of carbonyl (C=O) groups is 1. The summed E-state index contributed by atoms with van der Waals surface area (Å²) in [6, 6.07) is 19.2. The summed E-state index contributed by atoms with van der Waals surface area (Å²) in [5.74, 6) is -1.09. The average Bonchev–Trinajstić information content (AvgIpc) is 2.99. The van der Waals surface area contributed by atoms with Gasteiger partial charge < -0.3 is 9.67 Å². The second-order valence-corrected chi connectivity index (χ2v) is 7.51. The van der Waals surface area contributed by atoms with Crippen molar-refractivity contribution < 1.29 is 18.3 Å². The Bertz CT molecular complexity index is 977. The summed E-state index contributed by atoms with van der Waals surface area (Å²) in [6.07, 6.45) is 1.93. The third kappa shape index (κ3) is 3.64. The van der Waals surface area contributed by atoms with Crippen LogP contribution in [0.3, 0.4) is 0 Å². The number of hydrogen-bond acceptors (Lipinski definition) is 3. The number of aliphatic carboxylic acids is 1. The van der Waals surface area contributed by atoms with E-state index in [0.717, 1.165) is 5.56 Å². The standard InChI is InChI=1S/C19H17NO4S/c21-18(22)14-20-12-11-16(13-15-7-3-1-4-8-15)19(20)25(23,24)17-9-5-2-6-10-17/h1-12H,13-14H2,(H,21,22). The predicted octanol–water partition coefficient (Wildman–Crippen LogP) is 3.00. The number of sulfone groups is 1. The van der Waals surface area contributed by atoms with E-state index in [0.29, 0.717) is 12.0 Å². The van der Waals surface area contributed by atoms with Crippen molar-refractivity contribution >= 4 is 15.8 Å². The number of hydrogen-bond donors (Lipinski definition) is 1. The number of aromatic nitrogens is 1. The number of carboxylic acid groups (broad SMARTS) is 1. The molecule has 0 spiro atoms. The van der Waals surface area contributed by atoms with Gasteiger partial charge in [-0.15, -0.1) is 0 Å². The van der Waals surface area contributed by atoms with Crippen LogP contribution in [0.25, 0.3) is 0 Å². The fourth-order valence-corrected chi connectivity index (χ4v) is 4.42. The van der Waals surface area contributed by atoms with Crippen LogP contribution in [-0.4, -0.2) is 24.1 Å². The van der Waals surface area contributed by atoms with Crippen LogP contribution in [0.5, 0.6) is 0 Å². The first-order valence-corrected chi connectivity index (χ1v) is 9.20. The van der Waals surface area contributed by atoms with Crippen molar-refractivity contribution in [2.24, 2.45) is 0 Å². The highest BCUT2D eigenvalue weighted by atomic mass is 32.2. The topological polar surface area (TPSA) is 76.4 Å². The molecule has 6 heteroatoms. The monoisotopic (exact) mass is 355 g/mol. The number of rotatable bonds is 6. The van der Waals surface area contributed by atoms with Gasteiger partial charge in [0.2, 0.25) is 9.84 Å². The zero-order valence-electron chi connectivity index (χ0n) is 13.4. The molecule has 0 bridgehead atoms. The van der Waals surface area contributed by atoms with E-state index in [1.807, 2.05) is 30.3 Å². The Labute approximate surface area is 146 Å². The Kier molecular flexibility index (Phi) is 4.72. The van der Waals surface area contributed by atoms with Crippen LogP contribution >= 0.6 is 0 Å². The molecule has 0 aliphatic rings. The maximum Gasteiger partial charge on any atom is 0.323 e. The van der Waals surface area contributed by atoms with Crippen molar-refractivity contribution in [1.29, 1.82) is 0 Å². The molecule has 1 aromatic heterocycles. The van der Waals surface area contributed by atoms with Gasteiger partial charge in [-0.2, -0.15) is 0 Å². The Morgan fingerprint density at radius 3 is 2.12 bits per heavy atom. The van der Waals surface area contributed by atoms with Crippen LogP contribution in [0.1, 0.15) is 11.1 Å². The van der Waals surface area contributed by atoms with Gasteiger partial charge in [0.15, 0.2) is 0 Å². The second kappa shape index (κ2) is 6.94. The Hall–Kier alpha value is -2.86. The largest absolute Gasteiger partial charge is 0.480 e. The van der Waals surface area contributed by atoms with Gasteiger partial charge in [-0.3, -0.25) is 4.79 Å². The summed E-state index contributed by atoms with van der Waals surface area (Å²) < 4.78 is 27.5. The molecule has 128 valence electrons. The quantitative estimate of drug-likeness (QED) is 0.737. The summed E-state index contributed by atoms with van der Waals surface area (Å²) in [5.41, 5.74) is 1.54. The van der Waals surface area contributed by atoms with Gasteiger partial charge in [0.05, 0.1) is 4.90 Å². The molecule has 0 saturated heterocycles. The van der Waals surface area contributed by atoms with E-state index in [2.05, 4.69) is 0 Å². The fourth-order valence-electron chi connectivity index (χ4n) is 2.76. The van der Waals surface area contributed by atoms with Crippen molar-refractivity contribution in [3.63, 3.8) is 0 Å². The molecule has 3 rings (SSSR count). The first-order valence-electron chi connectivity index (χ1n) is 7.72. The highest BCUT2D eigenvalue weighted by molar-refractivity contribution is 7.91. The molecule has 0 aliphatic heterocycles. The Morgan fingerprint density at radius 1 is 0.920 bits per heavy atom. The first-order chi connectivity index (χ1) is 12.0. The van der Waals surface area contributed by atoms with E-state index >= 15 is 0 Å². The molecule has 0 atom stereocenters. The lowest BCUT2D eigenvalue weighted by atomic mass is 10.1. The minimum atomic E-state index is -3.82. The molecule has 0 unspecified atom stereocenters. The number of nitrogens with zero attached hydrogens (tertiary/aromatic N) is 1. The van der Waals surface area contributed by atoms with E-state index in [1.54, 1.807) is 24.3 Å². The third-order valence-electron chi connectivity index (χ3n) is 3.84. The van der Waals surface area contributed by atoms with Crippen molar-refractivity contribution in [2.45, 2.75) is 22.9 Å². The van der Waals surface area contributed by atoms with Crippen LogP contribution in [0.2, 0.25) is 0 Å². The maximum absolute atomic E-state index is 13.1. The summed E-state index contributed by atoms with van der Waals surface area (Å²) in [5, 5.41) is 9.14. The first kappa shape index (κ1) is 17.0. The zero-order valence-corrected chi connectivity index (χ0v) is 14.2. The van der Waals surface area contributed by atoms with Gasteiger partial charge in [-0.05, 0) is 29.3 Å². The molecule has 0 amide bonds. The van der Waals surface area contributed by atoms with E-state index in [-0.39, 0.29) is 9.92 Å². The SMILES string of the molecule is O=C(O)Cn1ccc(Cc2ccccc2)c1S(=O)(=O)c1ccccc1. The van der Waals surface area contributed by atoms with Crippen molar-refractivity contribution in [2.75, 3.05) is 0 Å². The molecular formula is C19H17NO4S. The predicted molar refractivity (Wildman–Crippen MR) is 93.2 cm³/mol. The molecule has 2 aromatic carbocycles. The molecule has 1 heterocycles. The molecule has 25 heavy (non-hydrogen) atoms. The highest BCUT2D eigenvalue weighted by Crippen LogP contribution is 2.27. The average molecular weight is 355 g/mol. The molecule has 5 nitrogen and oxygen atoms in total. The minimum absolute atomic E-state index is 0.0324. The maximum atomic E-state index is 13.1. The molecular weight excluding hydrogens is 338 g/mol. The molecule has 1 N–H and O–H groups in total. The third-order valence-corrected chi connectivity index (χ3v) is 5.74. The number of carboxylic acids is 1. The molecule has 0 saturated carbocycles. The van der Waals surface area contributed by atoms with Gasteiger partial charge in [0, 0.05) is 12.6 Å². The van der Waals surface area contributed by atoms with Gasteiger partial charge in [-0.25, -0.2) is 8.42 Å². The fraction of sp³-hybridized carbons (Fsp3) is 0.105. The normalized spacial score (nSPS) is 11.4. The zero-order chi connectivity index (χ0) is 17.9. The molecule has 0 aliphatic carbocycles. The van der Waals surface area contributed by atoms with Crippen LogP contribution in [0.4, 0.5) is 0 Å². The smallest absolute Gasteiger partial charge is 0.323 e. The Balaban J connectivity index is 2.12. The van der Waals surface area contributed by atoms with Gasteiger partial charge in [0.1, 0.15) is 11.6 Å². The number of benzene rings is 2. The van der Waals surface area contributed by atoms with E-state index in [1.165, 1.54) is 22.9 Å². The van der Waals surface area contributed by atoms with Gasteiger partial charge >= 0.3 is 5.97 Å². The minimum Gasteiger partial charge on any atom is -0.480 e. The van der Waals surface area contributed by atoms with E-state index in [4.69, 9.17) is 5.11 Å². The highest BCUT2D eigenvalue weighted by Gasteiger charge is 2.26. The van der Waals surface area contributed by atoms with Crippen molar-refractivity contribution in [1.82, 2.24) is 4.57 Å². The van der Waals surface area contributed by atoms with Crippen LogP contribution in [-0.2, 0) is 27.6 Å². The lowest BCUT2D eigenvalue weighted by Gasteiger charge is -2.11. The Morgan fingerprint density at radius 2 is 1.52 bits per heavy atom. The lowest BCUT2D eigenvalue weighted by Crippen LogP contribution is -2.16. The molecule has 0 radical (unpaired) electrons. The summed E-state index contributed by atoms with van der Waals surface area (Å²) >= 11 is 0. The van der Waals surface area contributed by atoms with Crippen LogP contribution < -0.4 is 0 Å². The summed E-state index contributed by atoms with van der Waals surface area (Å²) in [4.78, 5) is 11.3.